The van der Waals surface area contributed by atoms with Gasteiger partial charge in [-0.2, -0.15) is 105 Å². The summed E-state index contributed by atoms with van der Waals surface area (Å²) in [6, 6.07) is 5.71. The second-order valence-corrected chi connectivity index (χ2v) is 14.6. The summed E-state index contributed by atoms with van der Waals surface area (Å²) < 4.78 is 297. The second-order valence-electron chi connectivity index (χ2n) is 14.6. The van der Waals surface area contributed by atoms with Crippen molar-refractivity contribution in [3.63, 3.8) is 0 Å². The predicted octanol–water partition coefficient (Wildman–Crippen LogP) is 13.5. The van der Waals surface area contributed by atoms with Crippen LogP contribution in [0.1, 0.15) is 45.6 Å². The Balaban J connectivity index is 0.000000285. The molecule has 0 amide bonds. The molecule has 0 saturated heterocycles. The predicted molar refractivity (Wildman–Crippen MR) is 216 cm³/mol. The minimum Gasteiger partial charge on any atom is -0.331 e. The molecule has 38 heteroatoms. The molecule has 0 saturated carbocycles. The zero-order valence-corrected chi connectivity index (χ0v) is 42.9. The third-order valence-corrected chi connectivity index (χ3v) is 8.86. The van der Waals surface area contributed by atoms with E-state index >= 15 is 0 Å². The molecular formula is C44H16F24N12Pt2. The van der Waals surface area contributed by atoms with Crippen LogP contribution in [-0.2, 0) is 91.5 Å². The molecular weight excluding hydrogens is 1540 g/mol. The molecule has 82 heavy (non-hydrogen) atoms. The zero-order chi connectivity index (χ0) is 59.9. The van der Waals surface area contributed by atoms with Crippen molar-refractivity contribution in [3.05, 3.63) is 168 Å². The fourth-order valence-electron chi connectivity index (χ4n) is 5.24. The first-order chi connectivity index (χ1) is 36.7. The number of hydrogen-bond donors (Lipinski definition) is 0. The quantitative estimate of drug-likeness (QED) is 0.122. The molecule has 0 fully saturated rings. The first-order valence-corrected chi connectivity index (χ1v) is 20.1. The molecule has 8 aromatic heterocycles. The largest absolute Gasteiger partial charge is 2.00 e. The Morgan fingerprint density at radius 2 is 0.415 bits per heavy atom. The van der Waals surface area contributed by atoms with Crippen LogP contribution in [0.4, 0.5) is 105 Å². The summed E-state index contributed by atoms with van der Waals surface area (Å²) in [5.41, 5.74) is -5.41. The van der Waals surface area contributed by atoms with Gasteiger partial charge in [0.05, 0.1) is 0 Å². The Morgan fingerprint density at radius 3 is 0.537 bits per heavy atom. The molecule has 0 aliphatic heterocycles. The standard InChI is InChI=1S/4C11H4F6N3.2Pt/c4*12-10(13,14)7-1-2-18-8(3-7)6-4-19-9(20-5-6)11(15,16)17;;/h4*1-4H;;/q4*-1;2*+2. The van der Waals surface area contributed by atoms with Gasteiger partial charge in [-0.15, -0.1) is 0 Å². The van der Waals surface area contributed by atoms with E-state index in [0.717, 1.165) is 73.8 Å². The number of rotatable bonds is 4. The van der Waals surface area contributed by atoms with Gasteiger partial charge in [-0.3, -0.25) is 0 Å². The summed E-state index contributed by atoms with van der Waals surface area (Å²) in [5, 5.41) is 0. The van der Waals surface area contributed by atoms with Crippen LogP contribution < -0.4 is 0 Å². The number of alkyl halides is 24. The molecule has 0 unspecified atom stereocenters. The maximum Gasteiger partial charge on any atom is 2.00 e. The molecule has 8 aromatic rings. The Kier molecular flexibility index (Phi) is 22.4. The fraction of sp³-hybridized carbons (Fsp3) is 0.182. The summed E-state index contributed by atoms with van der Waals surface area (Å²) in [6.45, 7) is 0. The van der Waals surface area contributed by atoms with Gasteiger partial charge >= 0.3 is 91.5 Å². The maximum atomic E-state index is 12.5. The van der Waals surface area contributed by atoms with E-state index in [4.69, 9.17) is 0 Å². The third kappa shape index (κ3) is 20.0. The summed E-state index contributed by atoms with van der Waals surface area (Å²) in [6.07, 6.45) is -22.9. The molecule has 8 rings (SSSR count). The SMILES string of the molecule is FC(F)(F)c1ccnc(-c2[c-]nc(C(F)(F)F)nc2)c1.FC(F)(F)c1ccnc(-c2[c-]nc(C(F)(F)F)nc2)c1.FC(F)(F)c1ccnc(-c2[c-]nc(C(F)(F)F)nc2)c1.FC(F)(F)c1ccnc(-c2[c-]nc(C(F)(F)F)nc2)c1.[Pt+2].[Pt+2]. The van der Waals surface area contributed by atoms with Gasteiger partial charge in [0.15, 0.2) is 0 Å². The van der Waals surface area contributed by atoms with Gasteiger partial charge in [0.2, 0.25) is 0 Å². The van der Waals surface area contributed by atoms with Gasteiger partial charge in [0.1, 0.15) is 23.3 Å². The summed E-state index contributed by atoms with van der Waals surface area (Å²) in [5.74, 6) is -5.69. The van der Waals surface area contributed by atoms with Crippen molar-refractivity contribution in [3.8, 4) is 45.0 Å². The molecule has 0 aliphatic rings. The molecule has 8 heterocycles. The van der Waals surface area contributed by atoms with E-state index in [1.165, 1.54) is 0 Å². The van der Waals surface area contributed by atoms with Gasteiger partial charge in [0.25, 0.3) is 0 Å². The van der Waals surface area contributed by atoms with Crippen molar-refractivity contribution in [2.75, 3.05) is 0 Å². The van der Waals surface area contributed by atoms with E-state index in [-0.39, 0.29) is 87.2 Å². The number of hydrogen-bond acceptors (Lipinski definition) is 12. The summed E-state index contributed by atoms with van der Waals surface area (Å²) in [7, 11) is 0. The van der Waals surface area contributed by atoms with E-state index in [1.807, 2.05) is 24.8 Å². The van der Waals surface area contributed by atoms with Gasteiger partial charge in [-0.05, 0) is 71.8 Å². The zero-order valence-electron chi connectivity index (χ0n) is 38.3. The molecule has 0 aromatic carbocycles. The molecule has 0 N–H and O–H groups in total. The third-order valence-electron chi connectivity index (χ3n) is 8.86. The number of nitrogens with zero attached hydrogens (tertiary/aromatic N) is 12. The van der Waals surface area contributed by atoms with Crippen molar-refractivity contribution < 1.29 is 148 Å². The minimum absolute atomic E-state index is 0. The number of pyridine rings is 4. The molecule has 0 atom stereocenters. The number of aromatic nitrogens is 12. The monoisotopic (exact) mass is 1560 g/mol. The van der Waals surface area contributed by atoms with E-state index in [0.29, 0.717) is 24.3 Å². The molecule has 440 valence electrons. The normalized spacial score (nSPS) is 12.2. The smallest absolute Gasteiger partial charge is 0.331 e. The van der Waals surface area contributed by atoms with Crippen molar-refractivity contribution in [1.82, 2.24) is 59.8 Å². The van der Waals surface area contributed by atoms with Crippen LogP contribution in [-0.4, -0.2) is 59.8 Å². The second kappa shape index (κ2) is 26.7. The fourth-order valence-corrected chi connectivity index (χ4v) is 5.24. The number of halogens is 24. The Morgan fingerprint density at radius 1 is 0.244 bits per heavy atom. The van der Waals surface area contributed by atoms with E-state index < -0.39 is 95.0 Å². The van der Waals surface area contributed by atoms with Crippen molar-refractivity contribution in [1.29, 1.82) is 0 Å². The molecule has 0 aliphatic carbocycles. The average molecular weight is 1560 g/mol. The minimum atomic E-state index is -4.74. The van der Waals surface area contributed by atoms with Gasteiger partial charge in [0, 0.05) is 47.0 Å². The van der Waals surface area contributed by atoms with Crippen LogP contribution >= 0.6 is 0 Å². The Hall–Kier alpha value is -7.38. The molecule has 0 bridgehead atoms. The van der Waals surface area contributed by atoms with E-state index in [1.54, 1.807) is 0 Å². The van der Waals surface area contributed by atoms with Crippen LogP contribution in [0, 0.1) is 24.8 Å². The topological polar surface area (TPSA) is 155 Å². The first kappa shape index (κ1) is 68.9. The summed E-state index contributed by atoms with van der Waals surface area (Å²) >= 11 is 0. The van der Waals surface area contributed by atoms with Crippen LogP contribution in [0.25, 0.3) is 45.0 Å². The molecule has 0 spiro atoms. The summed E-state index contributed by atoms with van der Waals surface area (Å²) in [4.78, 5) is 38.4. The first-order valence-electron chi connectivity index (χ1n) is 20.1. The Labute approximate surface area is 468 Å². The average Bonchev–Trinajstić information content (AvgIpc) is 3.37. The van der Waals surface area contributed by atoms with Crippen LogP contribution in [0.15, 0.2) is 98.1 Å². The molecule has 0 radical (unpaired) electrons. The van der Waals surface area contributed by atoms with Crippen LogP contribution in [0.2, 0.25) is 0 Å². The van der Waals surface area contributed by atoms with E-state index in [2.05, 4.69) is 59.8 Å². The van der Waals surface area contributed by atoms with Crippen molar-refractivity contribution in [2.45, 2.75) is 49.4 Å². The Bertz CT molecular complexity index is 2870. The van der Waals surface area contributed by atoms with Gasteiger partial charge in [-0.1, -0.05) is 71.3 Å². The maximum absolute atomic E-state index is 12.5. The molecule has 12 nitrogen and oxygen atoms in total. The van der Waals surface area contributed by atoms with Crippen molar-refractivity contribution in [2.24, 2.45) is 0 Å². The van der Waals surface area contributed by atoms with Gasteiger partial charge < -0.3 is 59.8 Å². The van der Waals surface area contributed by atoms with Crippen molar-refractivity contribution >= 4 is 0 Å². The van der Waals surface area contributed by atoms with E-state index in [9.17, 15) is 105 Å². The van der Waals surface area contributed by atoms with Crippen LogP contribution in [0.5, 0.6) is 0 Å². The van der Waals surface area contributed by atoms with Gasteiger partial charge in [-0.25, -0.2) is 0 Å². The van der Waals surface area contributed by atoms with Crippen LogP contribution in [0.3, 0.4) is 0 Å².